The molecule has 0 saturated carbocycles. The Morgan fingerprint density at radius 2 is 2.13 bits per heavy atom. The fourth-order valence-corrected chi connectivity index (χ4v) is 1.90. The number of alkyl halides is 3. The minimum Gasteiger partial charge on any atom is -0.491 e. The van der Waals surface area contributed by atoms with Crippen LogP contribution in [0.25, 0.3) is 0 Å². The summed E-state index contributed by atoms with van der Waals surface area (Å²) < 4.78 is 44.8. The number of ether oxygens (including phenoxy) is 1. The molecule has 0 aliphatic carbocycles. The second-order valence-electron chi connectivity index (χ2n) is 5.02. The van der Waals surface area contributed by atoms with Gasteiger partial charge in [0.05, 0.1) is 17.9 Å². The number of aromatic nitrogens is 3. The number of aromatic amines is 1. The normalized spacial score (nSPS) is 11.6. The van der Waals surface area contributed by atoms with Gasteiger partial charge in [-0.25, -0.2) is 0 Å². The number of benzene rings is 1. The van der Waals surface area contributed by atoms with Crippen LogP contribution in [0.15, 0.2) is 24.4 Å². The van der Waals surface area contributed by atoms with Crippen molar-refractivity contribution in [2.75, 3.05) is 0 Å². The van der Waals surface area contributed by atoms with Gasteiger partial charge < -0.3 is 10.1 Å². The first-order chi connectivity index (χ1) is 10.8. The number of nitrogens with one attached hydrogen (secondary N) is 2. The number of nitrogens with zero attached hydrogens (tertiary/aromatic N) is 2. The summed E-state index contributed by atoms with van der Waals surface area (Å²) in [6, 6.07) is 3.65. The van der Waals surface area contributed by atoms with Crippen molar-refractivity contribution in [2.24, 2.45) is 0 Å². The Bertz CT molecular complexity index is 669. The van der Waals surface area contributed by atoms with E-state index in [-0.39, 0.29) is 29.7 Å². The highest BCUT2D eigenvalue weighted by molar-refractivity contribution is 5.91. The van der Waals surface area contributed by atoms with Gasteiger partial charge in [0.1, 0.15) is 5.75 Å². The molecule has 0 radical (unpaired) electrons. The maximum absolute atomic E-state index is 13.2. The highest BCUT2D eigenvalue weighted by Gasteiger charge is 2.34. The molecule has 1 aromatic carbocycles. The quantitative estimate of drug-likeness (QED) is 0.884. The minimum atomic E-state index is -4.55. The molecule has 1 heterocycles. The average molecular weight is 328 g/mol. The van der Waals surface area contributed by atoms with E-state index < -0.39 is 17.6 Å². The Morgan fingerprint density at radius 1 is 1.39 bits per heavy atom. The maximum Gasteiger partial charge on any atom is 0.416 e. The van der Waals surface area contributed by atoms with E-state index in [0.29, 0.717) is 0 Å². The predicted octanol–water partition coefficient (Wildman–Crippen LogP) is 2.54. The summed E-state index contributed by atoms with van der Waals surface area (Å²) in [5, 5.41) is 11.6. The average Bonchev–Trinajstić information content (AvgIpc) is 2.98. The molecule has 0 bridgehead atoms. The van der Waals surface area contributed by atoms with Crippen LogP contribution < -0.4 is 10.1 Å². The molecule has 1 aromatic heterocycles. The first-order valence-electron chi connectivity index (χ1n) is 6.78. The number of amides is 1. The van der Waals surface area contributed by atoms with Gasteiger partial charge in [0.15, 0.2) is 5.69 Å². The molecule has 2 N–H and O–H groups in total. The van der Waals surface area contributed by atoms with Crippen LogP contribution in [-0.4, -0.2) is 27.4 Å². The van der Waals surface area contributed by atoms with Crippen LogP contribution in [-0.2, 0) is 12.7 Å². The van der Waals surface area contributed by atoms with Crippen molar-refractivity contribution in [1.29, 1.82) is 0 Å². The Labute approximate surface area is 130 Å². The zero-order valence-corrected chi connectivity index (χ0v) is 12.4. The van der Waals surface area contributed by atoms with Gasteiger partial charge in [0.25, 0.3) is 5.91 Å². The van der Waals surface area contributed by atoms with E-state index in [2.05, 4.69) is 20.7 Å². The zero-order valence-electron chi connectivity index (χ0n) is 12.4. The molecule has 0 saturated heterocycles. The van der Waals surface area contributed by atoms with Gasteiger partial charge in [-0.15, -0.1) is 0 Å². The van der Waals surface area contributed by atoms with E-state index in [0.717, 1.165) is 6.07 Å². The van der Waals surface area contributed by atoms with Crippen LogP contribution in [0, 0.1) is 0 Å². The summed E-state index contributed by atoms with van der Waals surface area (Å²) in [5.74, 6) is -0.492. The third-order valence-corrected chi connectivity index (χ3v) is 2.85. The van der Waals surface area contributed by atoms with E-state index in [1.54, 1.807) is 13.8 Å². The smallest absolute Gasteiger partial charge is 0.416 e. The van der Waals surface area contributed by atoms with Crippen molar-refractivity contribution >= 4 is 5.91 Å². The molecule has 2 aromatic rings. The third-order valence-electron chi connectivity index (χ3n) is 2.85. The second-order valence-corrected chi connectivity index (χ2v) is 5.02. The number of hydrogen-bond donors (Lipinski definition) is 2. The van der Waals surface area contributed by atoms with Crippen molar-refractivity contribution in [2.45, 2.75) is 32.7 Å². The summed E-state index contributed by atoms with van der Waals surface area (Å²) in [6.45, 7) is 3.15. The molecule has 1 amide bonds. The number of carbonyl (C=O) groups is 1. The van der Waals surface area contributed by atoms with E-state index in [1.807, 2.05) is 0 Å². The molecule has 23 heavy (non-hydrogen) atoms. The standard InChI is InChI=1S/C14H15F3N4O2/c1-8(2)23-10-4-3-9(11(5-10)14(15,16)17)6-18-13(22)12-7-19-21-20-12/h3-5,7-8H,6H2,1-2H3,(H,18,22)(H,19,20,21). The molecule has 9 heteroatoms. The second kappa shape index (κ2) is 6.67. The number of carbonyl (C=O) groups excluding carboxylic acids is 1. The van der Waals surface area contributed by atoms with Gasteiger partial charge in [0.2, 0.25) is 0 Å². The summed E-state index contributed by atoms with van der Waals surface area (Å²) in [6.07, 6.45) is -3.61. The van der Waals surface area contributed by atoms with Gasteiger partial charge in [-0.1, -0.05) is 6.07 Å². The largest absolute Gasteiger partial charge is 0.491 e. The van der Waals surface area contributed by atoms with Crippen LogP contribution in [0.3, 0.4) is 0 Å². The van der Waals surface area contributed by atoms with Gasteiger partial charge >= 0.3 is 6.18 Å². The van der Waals surface area contributed by atoms with Crippen molar-refractivity contribution in [3.05, 3.63) is 41.2 Å². The predicted molar refractivity (Wildman–Crippen MR) is 74.8 cm³/mol. The Morgan fingerprint density at radius 3 is 2.70 bits per heavy atom. The van der Waals surface area contributed by atoms with Crippen molar-refractivity contribution in [3.63, 3.8) is 0 Å². The zero-order chi connectivity index (χ0) is 17.0. The molecule has 0 spiro atoms. The highest BCUT2D eigenvalue weighted by atomic mass is 19.4. The summed E-state index contributed by atoms with van der Waals surface area (Å²) in [7, 11) is 0. The number of H-pyrrole nitrogens is 1. The van der Waals surface area contributed by atoms with Gasteiger partial charge in [-0.2, -0.15) is 28.6 Å². The van der Waals surface area contributed by atoms with E-state index in [4.69, 9.17) is 4.74 Å². The Kier molecular flexibility index (Phi) is 4.87. The molecule has 2 rings (SSSR count). The van der Waals surface area contributed by atoms with Crippen LogP contribution >= 0.6 is 0 Å². The van der Waals surface area contributed by atoms with E-state index >= 15 is 0 Å². The number of rotatable bonds is 5. The molecular weight excluding hydrogens is 313 g/mol. The van der Waals surface area contributed by atoms with Gasteiger partial charge in [-0.3, -0.25) is 4.79 Å². The lowest BCUT2D eigenvalue weighted by atomic mass is 10.1. The molecule has 0 atom stereocenters. The Balaban J connectivity index is 2.18. The molecule has 0 unspecified atom stereocenters. The molecule has 0 fully saturated rings. The highest BCUT2D eigenvalue weighted by Crippen LogP contribution is 2.34. The van der Waals surface area contributed by atoms with Crippen molar-refractivity contribution < 1.29 is 22.7 Å². The third kappa shape index (κ3) is 4.44. The minimum absolute atomic E-state index is 0.00156. The van der Waals surface area contributed by atoms with Crippen LogP contribution in [0.4, 0.5) is 13.2 Å². The fourth-order valence-electron chi connectivity index (χ4n) is 1.90. The van der Waals surface area contributed by atoms with Gasteiger partial charge in [0, 0.05) is 6.54 Å². The topological polar surface area (TPSA) is 79.9 Å². The first kappa shape index (κ1) is 16.8. The Hall–Kier alpha value is -2.58. The number of halogens is 3. The lowest BCUT2D eigenvalue weighted by Gasteiger charge is -2.16. The summed E-state index contributed by atoms with van der Waals surface area (Å²) >= 11 is 0. The molecule has 0 aliphatic rings. The van der Waals surface area contributed by atoms with Crippen LogP contribution in [0.5, 0.6) is 5.75 Å². The maximum atomic E-state index is 13.2. The lowest BCUT2D eigenvalue weighted by molar-refractivity contribution is -0.138. The van der Waals surface area contributed by atoms with Crippen molar-refractivity contribution in [3.8, 4) is 5.75 Å². The number of hydrogen-bond acceptors (Lipinski definition) is 4. The van der Waals surface area contributed by atoms with Crippen molar-refractivity contribution in [1.82, 2.24) is 20.7 Å². The van der Waals surface area contributed by atoms with Crippen LogP contribution in [0.1, 0.15) is 35.5 Å². The summed E-state index contributed by atoms with van der Waals surface area (Å²) in [4.78, 5) is 11.7. The van der Waals surface area contributed by atoms with E-state index in [1.165, 1.54) is 18.3 Å². The summed E-state index contributed by atoms with van der Waals surface area (Å²) in [5.41, 5.74) is -0.917. The fraction of sp³-hybridized carbons (Fsp3) is 0.357. The SMILES string of the molecule is CC(C)Oc1ccc(CNC(=O)c2cn[nH]n2)c(C(F)(F)F)c1. The van der Waals surface area contributed by atoms with Gasteiger partial charge in [-0.05, 0) is 31.5 Å². The molecule has 124 valence electrons. The van der Waals surface area contributed by atoms with E-state index in [9.17, 15) is 18.0 Å². The van der Waals surface area contributed by atoms with Crippen LogP contribution in [0.2, 0.25) is 0 Å². The first-order valence-corrected chi connectivity index (χ1v) is 6.78. The molecule has 0 aliphatic heterocycles. The molecular formula is C14H15F3N4O2. The monoisotopic (exact) mass is 328 g/mol. The lowest BCUT2D eigenvalue weighted by Crippen LogP contribution is -2.25. The molecule has 6 nitrogen and oxygen atoms in total.